The number of nitrogens with zero attached hydrogens (tertiary/aromatic N) is 1. The van der Waals surface area contributed by atoms with Gasteiger partial charge in [0.05, 0.1) is 18.8 Å². The lowest BCUT2D eigenvalue weighted by molar-refractivity contribution is -0.0224. The fraction of sp³-hybridized carbons (Fsp3) is 0.875. The van der Waals surface area contributed by atoms with Crippen LogP contribution in [0.1, 0.15) is 13.8 Å². The molecule has 0 radical (unpaired) electrons. The fourth-order valence-electron chi connectivity index (χ4n) is 1.33. The van der Waals surface area contributed by atoms with Crippen LogP contribution in [0.3, 0.4) is 0 Å². The van der Waals surface area contributed by atoms with Gasteiger partial charge >= 0.3 is 0 Å². The quantitative estimate of drug-likeness (QED) is 0.563. The van der Waals surface area contributed by atoms with Crippen molar-refractivity contribution in [2.45, 2.75) is 26.0 Å². The van der Waals surface area contributed by atoms with E-state index in [2.05, 4.69) is 24.1 Å². The Bertz CT molecular complexity index is 174. The first-order chi connectivity index (χ1) is 5.65. The second-order valence-electron chi connectivity index (χ2n) is 3.20. The Hall–Kier alpha value is -0.350. The second-order valence-corrected chi connectivity index (χ2v) is 3.59. The van der Waals surface area contributed by atoms with Crippen molar-refractivity contribution in [3.05, 3.63) is 0 Å². The maximum absolute atomic E-state index is 5.49. The van der Waals surface area contributed by atoms with Crippen molar-refractivity contribution in [1.82, 2.24) is 10.2 Å². The highest BCUT2D eigenvalue weighted by Crippen LogP contribution is 2.10. The third-order valence-corrected chi connectivity index (χ3v) is 2.52. The highest BCUT2D eigenvalue weighted by Gasteiger charge is 2.24. The maximum atomic E-state index is 5.49. The standard InChI is InChI=1S/C8H16N2OS/c1-6-5-11-7(2)4-10(6)8(12)9-3/h6-7H,4-5H2,1-3H3,(H,9,12). The van der Waals surface area contributed by atoms with Crippen molar-refractivity contribution in [2.75, 3.05) is 20.2 Å². The lowest BCUT2D eigenvalue weighted by Crippen LogP contribution is -2.52. The minimum Gasteiger partial charge on any atom is -0.375 e. The van der Waals surface area contributed by atoms with Crippen LogP contribution >= 0.6 is 12.2 Å². The number of hydrogen-bond donors (Lipinski definition) is 1. The predicted octanol–water partition coefficient (Wildman–Crippen LogP) is 0.600. The SMILES string of the molecule is CNC(=S)N1CC(C)OCC1C. The highest BCUT2D eigenvalue weighted by atomic mass is 32.1. The number of hydrogen-bond acceptors (Lipinski definition) is 2. The minimum atomic E-state index is 0.285. The summed E-state index contributed by atoms with van der Waals surface area (Å²) >= 11 is 5.16. The minimum absolute atomic E-state index is 0.285. The van der Waals surface area contributed by atoms with E-state index in [1.807, 2.05) is 7.05 Å². The average molecular weight is 188 g/mol. The van der Waals surface area contributed by atoms with E-state index in [-0.39, 0.29) is 6.10 Å². The number of nitrogens with one attached hydrogen (secondary N) is 1. The number of rotatable bonds is 0. The molecule has 1 fully saturated rings. The zero-order chi connectivity index (χ0) is 9.14. The zero-order valence-corrected chi connectivity index (χ0v) is 8.65. The van der Waals surface area contributed by atoms with Gasteiger partial charge in [0.2, 0.25) is 0 Å². The molecule has 2 atom stereocenters. The molecule has 1 heterocycles. The van der Waals surface area contributed by atoms with Crippen molar-refractivity contribution in [1.29, 1.82) is 0 Å². The van der Waals surface area contributed by atoms with Crippen LogP contribution < -0.4 is 5.32 Å². The van der Waals surface area contributed by atoms with Gasteiger partial charge in [-0.25, -0.2) is 0 Å². The molecule has 0 amide bonds. The summed E-state index contributed by atoms with van der Waals surface area (Å²) in [5, 5.41) is 3.80. The summed E-state index contributed by atoms with van der Waals surface area (Å²) in [5.41, 5.74) is 0. The van der Waals surface area contributed by atoms with E-state index in [1.54, 1.807) is 0 Å². The summed E-state index contributed by atoms with van der Waals surface area (Å²) in [6.45, 7) is 5.84. The van der Waals surface area contributed by atoms with Gasteiger partial charge in [0.1, 0.15) is 0 Å². The Kier molecular flexibility index (Phi) is 3.29. The first-order valence-electron chi connectivity index (χ1n) is 4.25. The van der Waals surface area contributed by atoms with Crippen LogP contribution in [0.15, 0.2) is 0 Å². The Balaban J connectivity index is 2.54. The molecule has 4 heteroatoms. The molecule has 1 rings (SSSR count). The van der Waals surface area contributed by atoms with Crippen molar-refractivity contribution >= 4 is 17.3 Å². The van der Waals surface area contributed by atoms with E-state index in [0.29, 0.717) is 6.04 Å². The van der Waals surface area contributed by atoms with Crippen LogP contribution in [0.5, 0.6) is 0 Å². The molecule has 1 aliphatic rings. The van der Waals surface area contributed by atoms with Crippen LogP contribution in [0.2, 0.25) is 0 Å². The van der Waals surface area contributed by atoms with Crippen LogP contribution in [0, 0.1) is 0 Å². The molecule has 0 saturated carbocycles. The molecular formula is C8H16N2OS. The van der Waals surface area contributed by atoms with Crippen LogP contribution in [-0.2, 0) is 4.74 Å². The monoisotopic (exact) mass is 188 g/mol. The van der Waals surface area contributed by atoms with Crippen LogP contribution in [-0.4, -0.2) is 42.4 Å². The summed E-state index contributed by atoms with van der Waals surface area (Å²) in [6, 6.07) is 0.390. The van der Waals surface area contributed by atoms with Gasteiger partial charge in [-0.2, -0.15) is 0 Å². The van der Waals surface area contributed by atoms with Gasteiger partial charge < -0.3 is 15.0 Å². The van der Waals surface area contributed by atoms with Gasteiger partial charge in [-0.1, -0.05) is 0 Å². The predicted molar refractivity (Wildman–Crippen MR) is 53.2 cm³/mol. The Morgan fingerprint density at radius 3 is 2.83 bits per heavy atom. The molecule has 0 bridgehead atoms. The van der Waals surface area contributed by atoms with E-state index in [4.69, 9.17) is 17.0 Å². The Labute approximate surface area is 79.1 Å². The molecule has 1 aliphatic heterocycles. The normalized spacial score (nSPS) is 30.1. The molecule has 0 spiro atoms. The molecule has 0 aromatic carbocycles. The highest BCUT2D eigenvalue weighted by molar-refractivity contribution is 7.80. The summed E-state index contributed by atoms with van der Waals surface area (Å²) in [5.74, 6) is 0. The van der Waals surface area contributed by atoms with Crippen LogP contribution in [0.25, 0.3) is 0 Å². The van der Waals surface area contributed by atoms with Crippen LogP contribution in [0.4, 0.5) is 0 Å². The van der Waals surface area contributed by atoms with Gasteiger partial charge in [-0.15, -0.1) is 0 Å². The largest absolute Gasteiger partial charge is 0.375 e. The first kappa shape index (κ1) is 9.74. The van der Waals surface area contributed by atoms with E-state index in [0.717, 1.165) is 18.3 Å². The second kappa shape index (κ2) is 4.05. The number of thiocarbonyl (C=S) groups is 1. The summed E-state index contributed by atoms with van der Waals surface area (Å²) in [6.07, 6.45) is 0.285. The molecule has 3 nitrogen and oxygen atoms in total. The van der Waals surface area contributed by atoms with Gasteiger partial charge in [0.15, 0.2) is 5.11 Å². The smallest absolute Gasteiger partial charge is 0.169 e. The molecule has 0 aromatic rings. The van der Waals surface area contributed by atoms with E-state index >= 15 is 0 Å². The molecule has 2 unspecified atom stereocenters. The van der Waals surface area contributed by atoms with Crippen molar-refractivity contribution < 1.29 is 4.74 Å². The molecule has 0 aromatic heterocycles. The van der Waals surface area contributed by atoms with Crippen molar-refractivity contribution in [2.24, 2.45) is 0 Å². The van der Waals surface area contributed by atoms with Gasteiger partial charge in [-0.05, 0) is 26.1 Å². The van der Waals surface area contributed by atoms with Gasteiger partial charge in [-0.3, -0.25) is 0 Å². The topological polar surface area (TPSA) is 24.5 Å². The van der Waals surface area contributed by atoms with E-state index in [1.165, 1.54) is 0 Å². The molecule has 0 aliphatic carbocycles. The Morgan fingerprint density at radius 2 is 2.25 bits per heavy atom. The molecule has 1 N–H and O–H groups in total. The molecular weight excluding hydrogens is 172 g/mol. The third kappa shape index (κ3) is 2.08. The van der Waals surface area contributed by atoms with Gasteiger partial charge in [0, 0.05) is 13.6 Å². The molecule has 70 valence electrons. The molecule has 12 heavy (non-hydrogen) atoms. The average Bonchev–Trinajstić information content (AvgIpc) is 2.08. The third-order valence-electron chi connectivity index (χ3n) is 2.08. The summed E-state index contributed by atoms with van der Waals surface area (Å²) in [4.78, 5) is 2.17. The van der Waals surface area contributed by atoms with E-state index in [9.17, 15) is 0 Å². The number of ether oxygens (including phenoxy) is 1. The maximum Gasteiger partial charge on any atom is 0.169 e. The van der Waals surface area contributed by atoms with Crippen molar-refractivity contribution in [3.63, 3.8) is 0 Å². The zero-order valence-electron chi connectivity index (χ0n) is 7.83. The first-order valence-corrected chi connectivity index (χ1v) is 4.66. The lowest BCUT2D eigenvalue weighted by Gasteiger charge is -2.38. The van der Waals surface area contributed by atoms with Crippen molar-refractivity contribution in [3.8, 4) is 0 Å². The Morgan fingerprint density at radius 1 is 1.58 bits per heavy atom. The van der Waals surface area contributed by atoms with Gasteiger partial charge in [0.25, 0.3) is 0 Å². The van der Waals surface area contributed by atoms with E-state index < -0.39 is 0 Å². The lowest BCUT2D eigenvalue weighted by atomic mass is 10.2. The summed E-state index contributed by atoms with van der Waals surface area (Å²) in [7, 11) is 1.86. The fourth-order valence-corrected chi connectivity index (χ4v) is 1.58. The summed E-state index contributed by atoms with van der Waals surface area (Å²) < 4.78 is 5.49. The number of morpholine rings is 1. The molecule has 1 saturated heterocycles.